The fourth-order valence-corrected chi connectivity index (χ4v) is 4.16. The van der Waals surface area contributed by atoms with E-state index in [0.29, 0.717) is 11.1 Å². The molecule has 7 heteroatoms. The minimum atomic E-state index is -0.00993. The molecule has 17 heavy (non-hydrogen) atoms. The third-order valence-electron chi connectivity index (χ3n) is 2.38. The summed E-state index contributed by atoms with van der Waals surface area (Å²) in [6, 6.07) is 1.68. The maximum atomic E-state index is 11.6. The maximum Gasteiger partial charge on any atom is 0.241 e. The van der Waals surface area contributed by atoms with E-state index in [0.717, 1.165) is 12.3 Å². The highest BCUT2D eigenvalue weighted by Crippen LogP contribution is 2.23. The van der Waals surface area contributed by atoms with E-state index < -0.39 is 0 Å². The zero-order valence-corrected chi connectivity index (χ0v) is 11.1. The lowest BCUT2D eigenvalue weighted by Gasteiger charge is -2.21. The quantitative estimate of drug-likeness (QED) is 0.831. The van der Waals surface area contributed by atoms with Gasteiger partial charge >= 0.3 is 0 Å². The fourth-order valence-electron chi connectivity index (χ4n) is 1.55. The van der Waals surface area contributed by atoms with Crippen LogP contribution in [-0.2, 0) is 11.3 Å². The molecular weight excluding hydrogens is 256 g/mol. The van der Waals surface area contributed by atoms with Crippen molar-refractivity contribution in [2.24, 2.45) is 0 Å². The molecule has 0 radical (unpaired) electrons. The van der Waals surface area contributed by atoms with Crippen LogP contribution in [0.5, 0.6) is 0 Å². The van der Waals surface area contributed by atoms with Crippen molar-refractivity contribution in [3.05, 3.63) is 12.3 Å². The third kappa shape index (κ3) is 4.16. The standard InChI is InChI=1S/C10H16N4OS2/c11-9-1-2-14(13-9)6-10(15)12-5-8-7-16-3-4-17-8/h1-2,8H,3-7H2,(H2,11,13)(H,12,15). The molecule has 3 N–H and O–H groups in total. The molecule has 2 rings (SSSR count). The third-order valence-corrected chi connectivity index (χ3v) is 5.22. The van der Waals surface area contributed by atoms with Crippen LogP contribution in [-0.4, -0.2) is 44.7 Å². The molecule has 1 saturated heterocycles. The Morgan fingerprint density at radius 1 is 1.65 bits per heavy atom. The number of thioether (sulfide) groups is 2. The fraction of sp³-hybridized carbons (Fsp3) is 0.600. The molecule has 0 spiro atoms. The average Bonchev–Trinajstić information content (AvgIpc) is 2.73. The Labute approximate surface area is 109 Å². The summed E-state index contributed by atoms with van der Waals surface area (Å²) in [4.78, 5) is 11.6. The monoisotopic (exact) mass is 272 g/mol. The Hall–Kier alpha value is -0.820. The van der Waals surface area contributed by atoms with Crippen molar-refractivity contribution in [2.45, 2.75) is 11.8 Å². The van der Waals surface area contributed by atoms with Crippen LogP contribution in [0.3, 0.4) is 0 Å². The van der Waals surface area contributed by atoms with Gasteiger partial charge in [0.25, 0.3) is 0 Å². The number of nitrogens with one attached hydrogen (secondary N) is 1. The average molecular weight is 272 g/mol. The highest BCUT2D eigenvalue weighted by molar-refractivity contribution is 8.06. The van der Waals surface area contributed by atoms with Crippen LogP contribution >= 0.6 is 23.5 Å². The number of anilines is 1. The first-order chi connectivity index (χ1) is 8.24. The number of hydrogen-bond acceptors (Lipinski definition) is 5. The molecular formula is C10H16N4OS2. The van der Waals surface area contributed by atoms with Crippen LogP contribution in [0.15, 0.2) is 12.3 Å². The van der Waals surface area contributed by atoms with E-state index in [4.69, 9.17) is 5.73 Å². The normalized spacial score (nSPS) is 20.1. The number of rotatable bonds is 4. The van der Waals surface area contributed by atoms with Gasteiger partial charge in [0.2, 0.25) is 5.91 Å². The van der Waals surface area contributed by atoms with Crippen LogP contribution in [0.25, 0.3) is 0 Å². The maximum absolute atomic E-state index is 11.6. The zero-order chi connectivity index (χ0) is 12.1. The first-order valence-electron chi connectivity index (χ1n) is 5.49. The molecule has 0 aromatic carbocycles. The van der Waals surface area contributed by atoms with Crippen LogP contribution < -0.4 is 11.1 Å². The van der Waals surface area contributed by atoms with Gasteiger partial charge in [-0.2, -0.15) is 28.6 Å². The Morgan fingerprint density at radius 3 is 3.18 bits per heavy atom. The summed E-state index contributed by atoms with van der Waals surface area (Å²) in [5.74, 6) is 3.96. The van der Waals surface area contributed by atoms with Gasteiger partial charge in [0.15, 0.2) is 0 Å². The van der Waals surface area contributed by atoms with Crippen molar-refractivity contribution in [3.63, 3.8) is 0 Å². The molecule has 1 atom stereocenters. The van der Waals surface area contributed by atoms with Gasteiger partial charge in [0, 0.05) is 35.3 Å². The van der Waals surface area contributed by atoms with E-state index >= 15 is 0 Å². The van der Waals surface area contributed by atoms with E-state index in [1.54, 1.807) is 16.9 Å². The van der Waals surface area contributed by atoms with E-state index in [-0.39, 0.29) is 12.5 Å². The molecule has 2 heterocycles. The number of aromatic nitrogens is 2. The molecule has 1 unspecified atom stereocenters. The minimum Gasteiger partial charge on any atom is -0.382 e. The summed E-state index contributed by atoms with van der Waals surface area (Å²) in [5.41, 5.74) is 5.48. The van der Waals surface area contributed by atoms with Crippen LogP contribution in [0.4, 0.5) is 5.82 Å². The molecule has 5 nitrogen and oxygen atoms in total. The van der Waals surface area contributed by atoms with E-state index in [1.807, 2.05) is 23.5 Å². The van der Waals surface area contributed by atoms with Crippen LogP contribution in [0.1, 0.15) is 0 Å². The Bertz CT molecular complexity index is 376. The second kappa shape index (κ2) is 6.20. The van der Waals surface area contributed by atoms with Gasteiger partial charge < -0.3 is 11.1 Å². The number of amides is 1. The lowest BCUT2D eigenvalue weighted by molar-refractivity contribution is -0.121. The molecule has 0 bridgehead atoms. The van der Waals surface area contributed by atoms with Gasteiger partial charge in [-0.15, -0.1) is 0 Å². The number of nitrogens with zero attached hydrogens (tertiary/aromatic N) is 2. The topological polar surface area (TPSA) is 72.9 Å². The molecule has 1 aliphatic heterocycles. The summed E-state index contributed by atoms with van der Waals surface area (Å²) in [6.07, 6.45) is 1.71. The van der Waals surface area contributed by atoms with Gasteiger partial charge in [-0.25, -0.2) is 0 Å². The molecule has 1 aromatic rings. The Balaban J connectivity index is 1.70. The summed E-state index contributed by atoms with van der Waals surface area (Å²) in [6.45, 7) is 0.981. The predicted octanol–water partition coefficient (Wildman–Crippen LogP) is 0.430. The van der Waals surface area contributed by atoms with Gasteiger partial charge in [-0.3, -0.25) is 9.48 Å². The molecule has 1 fully saturated rings. The van der Waals surface area contributed by atoms with Crippen LogP contribution in [0, 0.1) is 0 Å². The summed E-state index contributed by atoms with van der Waals surface area (Å²) in [5, 5.41) is 7.45. The number of hydrogen-bond donors (Lipinski definition) is 2. The second-order valence-corrected chi connectivity index (χ2v) is 6.37. The molecule has 0 saturated carbocycles. The number of carbonyl (C=O) groups excluding carboxylic acids is 1. The predicted molar refractivity (Wildman–Crippen MR) is 73.2 cm³/mol. The number of carbonyl (C=O) groups is 1. The van der Waals surface area contributed by atoms with Gasteiger partial charge in [0.05, 0.1) is 0 Å². The number of nitrogens with two attached hydrogens (primary N) is 1. The lowest BCUT2D eigenvalue weighted by Crippen LogP contribution is -2.35. The highest BCUT2D eigenvalue weighted by atomic mass is 32.2. The van der Waals surface area contributed by atoms with Crippen molar-refractivity contribution in [3.8, 4) is 0 Å². The summed E-state index contributed by atoms with van der Waals surface area (Å²) >= 11 is 3.89. The minimum absolute atomic E-state index is 0.00993. The van der Waals surface area contributed by atoms with Crippen molar-refractivity contribution in [1.82, 2.24) is 15.1 Å². The second-order valence-electron chi connectivity index (χ2n) is 3.81. The highest BCUT2D eigenvalue weighted by Gasteiger charge is 2.15. The molecule has 1 amide bonds. The van der Waals surface area contributed by atoms with Crippen molar-refractivity contribution in [1.29, 1.82) is 0 Å². The van der Waals surface area contributed by atoms with Gasteiger partial charge in [-0.1, -0.05) is 0 Å². The number of nitrogen functional groups attached to an aromatic ring is 1. The van der Waals surface area contributed by atoms with Gasteiger partial charge in [-0.05, 0) is 6.07 Å². The Morgan fingerprint density at radius 2 is 2.53 bits per heavy atom. The SMILES string of the molecule is Nc1ccn(CC(=O)NCC2CSCCS2)n1. The Kier molecular flexibility index (Phi) is 4.61. The first kappa shape index (κ1) is 12.6. The molecule has 1 aromatic heterocycles. The van der Waals surface area contributed by atoms with Crippen molar-refractivity contribution in [2.75, 3.05) is 29.5 Å². The van der Waals surface area contributed by atoms with E-state index in [1.165, 1.54) is 11.5 Å². The lowest BCUT2D eigenvalue weighted by atomic mass is 10.4. The molecule has 94 valence electrons. The largest absolute Gasteiger partial charge is 0.382 e. The molecule has 0 aliphatic carbocycles. The summed E-state index contributed by atoms with van der Waals surface area (Å²) in [7, 11) is 0. The van der Waals surface area contributed by atoms with E-state index in [2.05, 4.69) is 10.4 Å². The smallest absolute Gasteiger partial charge is 0.241 e. The van der Waals surface area contributed by atoms with Crippen molar-refractivity contribution >= 4 is 35.2 Å². The molecule has 1 aliphatic rings. The van der Waals surface area contributed by atoms with E-state index in [9.17, 15) is 4.79 Å². The first-order valence-corrected chi connectivity index (χ1v) is 7.69. The van der Waals surface area contributed by atoms with Crippen LogP contribution in [0.2, 0.25) is 0 Å². The summed E-state index contributed by atoms with van der Waals surface area (Å²) < 4.78 is 1.55. The van der Waals surface area contributed by atoms with Crippen molar-refractivity contribution < 1.29 is 4.79 Å². The van der Waals surface area contributed by atoms with Gasteiger partial charge in [0.1, 0.15) is 12.4 Å². The zero-order valence-electron chi connectivity index (χ0n) is 9.46.